The van der Waals surface area contributed by atoms with Crippen LogP contribution >= 0.6 is 23.4 Å². The molecule has 0 aliphatic carbocycles. The van der Waals surface area contributed by atoms with Crippen LogP contribution in [0.3, 0.4) is 0 Å². The third kappa shape index (κ3) is 2.89. The van der Waals surface area contributed by atoms with Gasteiger partial charge in [-0.1, -0.05) is 48.5 Å². The minimum Gasteiger partial charge on any atom is -0.361 e. The average Bonchev–Trinajstić information content (AvgIpc) is 2.63. The van der Waals surface area contributed by atoms with Crippen LogP contribution in [-0.4, -0.2) is 17.0 Å². The summed E-state index contributed by atoms with van der Waals surface area (Å²) in [4.78, 5) is 4.39. The number of amidine groups is 1. The van der Waals surface area contributed by atoms with E-state index in [0.717, 1.165) is 28.8 Å². The second-order valence-corrected chi connectivity index (χ2v) is 5.35. The molecule has 0 aromatic heterocycles. The molecule has 0 fully saturated rings. The zero-order chi connectivity index (χ0) is 10.7. The second kappa shape index (κ2) is 4.90. The van der Waals surface area contributed by atoms with Gasteiger partial charge in [-0.25, -0.2) is 0 Å². The van der Waals surface area contributed by atoms with E-state index in [1.807, 2.05) is 24.3 Å². The van der Waals surface area contributed by atoms with Crippen molar-refractivity contribution in [3.8, 4) is 0 Å². The van der Waals surface area contributed by atoms with Crippen molar-refractivity contribution in [1.29, 1.82) is 0 Å². The summed E-state index contributed by atoms with van der Waals surface area (Å²) in [5, 5.41) is 5.73. The highest BCUT2D eigenvalue weighted by Crippen LogP contribution is 2.20. The van der Waals surface area contributed by atoms with Gasteiger partial charge in [0.25, 0.3) is 0 Å². The number of hydrogen-bond acceptors (Lipinski definition) is 3. The summed E-state index contributed by atoms with van der Waals surface area (Å²) in [6.07, 6.45) is 0. The Morgan fingerprint density at radius 3 is 3.00 bits per heavy atom. The highest BCUT2D eigenvalue weighted by atomic mass is 35.5. The molecule has 0 bridgehead atoms. The molecule has 4 heteroatoms. The lowest BCUT2D eigenvalue weighted by atomic mass is 10.2. The Morgan fingerprint density at radius 1 is 1.53 bits per heavy atom. The van der Waals surface area contributed by atoms with Crippen molar-refractivity contribution in [2.45, 2.75) is 18.7 Å². The molecule has 0 spiro atoms. The van der Waals surface area contributed by atoms with E-state index in [9.17, 15) is 0 Å². The third-order valence-corrected chi connectivity index (χ3v) is 3.61. The first-order valence-electron chi connectivity index (χ1n) is 4.94. The van der Waals surface area contributed by atoms with Crippen LogP contribution in [0.5, 0.6) is 0 Å². The number of benzene rings is 1. The summed E-state index contributed by atoms with van der Waals surface area (Å²) in [5.74, 6) is 0. The van der Waals surface area contributed by atoms with Crippen molar-refractivity contribution >= 4 is 28.5 Å². The second-order valence-electron chi connectivity index (χ2n) is 3.52. The Morgan fingerprint density at radius 2 is 2.33 bits per heavy atom. The largest absolute Gasteiger partial charge is 0.361 e. The van der Waals surface area contributed by atoms with E-state index in [1.165, 1.54) is 0 Å². The van der Waals surface area contributed by atoms with Crippen LogP contribution in [0, 0.1) is 0 Å². The summed E-state index contributed by atoms with van der Waals surface area (Å²) in [6, 6.07) is 7.87. The molecule has 0 saturated carbocycles. The van der Waals surface area contributed by atoms with E-state index in [2.05, 4.69) is 17.2 Å². The molecule has 1 aliphatic heterocycles. The van der Waals surface area contributed by atoms with Gasteiger partial charge in [0, 0.05) is 16.8 Å². The summed E-state index contributed by atoms with van der Waals surface area (Å²) >= 11 is 7.84. The first-order valence-corrected chi connectivity index (χ1v) is 6.20. The van der Waals surface area contributed by atoms with E-state index in [1.54, 1.807) is 11.8 Å². The van der Waals surface area contributed by atoms with E-state index in [-0.39, 0.29) is 0 Å². The van der Waals surface area contributed by atoms with Gasteiger partial charge in [-0.3, -0.25) is 4.99 Å². The molecule has 80 valence electrons. The number of rotatable bonds is 2. The summed E-state index contributed by atoms with van der Waals surface area (Å²) in [5.41, 5.74) is 1.11. The van der Waals surface area contributed by atoms with Gasteiger partial charge in [0.15, 0.2) is 5.17 Å². The predicted molar refractivity (Wildman–Crippen MR) is 67.6 cm³/mol. The number of hydrogen-bond donors (Lipinski definition) is 1. The maximum absolute atomic E-state index is 6.05. The van der Waals surface area contributed by atoms with Crippen molar-refractivity contribution in [1.82, 2.24) is 5.32 Å². The number of nitrogens with one attached hydrogen (secondary N) is 1. The molecule has 0 unspecified atom stereocenters. The maximum atomic E-state index is 6.05. The molecule has 0 saturated heterocycles. The predicted octanol–water partition coefficient (Wildman–Crippen LogP) is 2.92. The first kappa shape index (κ1) is 10.8. The fourth-order valence-corrected chi connectivity index (χ4v) is 2.42. The van der Waals surface area contributed by atoms with Crippen molar-refractivity contribution in [3.63, 3.8) is 0 Å². The molecule has 1 heterocycles. The molecule has 2 nitrogen and oxygen atoms in total. The lowest BCUT2D eigenvalue weighted by Gasteiger charge is -2.07. The molecule has 2 rings (SSSR count). The highest BCUT2D eigenvalue weighted by Gasteiger charge is 2.14. The third-order valence-electron chi connectivity index (χ3n) is 2.19. The van der Waals surface area contributed by atoms with Crippen LogP contribution in [0.25, 0.3) is 0 Å². The van der Waals surface area contributed by atoms with E-state index >= 15 is 0 Å². The van der Waals surface area contributed by atoms with Gasteiger partial charge in [-0.05, 0) is 11.6 Å². The normalized spacial score (nSPS) is 20.1. The first-order chi connectivity index (χ1) is 7.25. The van der Waals surface area contributed by atoms with Gasteiger partial charge in [0.2, 0.25) is 0 Å². The number of thioether (sulfide) groups is 1. The number of aliphatic imine (C=N–C) groups is 1. The maximum Gasteiger partial charge on any atom is 0.157 e. The number of nitrogens with zero attached hydrogens (tertiary/aromatic N) is 1. The SMILES string of the molecule is C[C@H]1CN=C(NCc2ccccc2Cl)S1. The molecule has 1 N–H and O–H groups in total. The van der Waals surface area contributed by atoms with Crippen molar-refractivity contribution in [3.05, 3.63) is 34.9 Å². The molecule has 15 heavy (non-hydrogen) atoms. The smallest absolute Gasteiger partial charge is 0.157 e. The van der Waals surface area contributed by atoms with Crippen LogP contribution < -0.4 is 5.32 Å². The zero-order valence-electron chi connectivity index (χ0n) is 8.53. The van der Waals surface area contributed by atoms with Crippen molar-refractivity contribution < 1.29 is 0 Å². The average molecular weight is 241 g/mol. The lowest BCUT2D eigenvalue weighted by Crippen LogP contribution is -2.18. The van der Waals surface area contributed by atoms with Gasteiger partial charge >= 0.3 is 0 Å². The quantitative estimate of drug-likeness (QED) is 0.860. The van der Waals surface area contributed by atoms with Crippen LogP contribution in [0.1, 0.15) is 12.5 Å². The standard InChI is InChI=1S/C11H13ClN2S/c1-8-6-13-11(15-8)14-7-9-4-2-3-5-10(9)12/h2-5,8H,6-7H2,1H3,(H,13,14)/t8-/m0/s1. The zero-order valence-corrected chi connectivity index (χ0v) is 10.1. The van der Waals surface area contributed by atoms with Gasteiger partial charge < -0.3 is 5.32 Å². The van der Waals surface area contributed by atoms with Gasteiger partial charge in [0.05, 0.1) is 6.54 Å². The van der Waals surface area contributed by atoms with E-state index < -0.39 is 0 Å². The van der Waals surface area contributed by atoms with Gasteiger partial charge in [0.1, 0.15) is 0 Å². The highest BCUT2D eigenvalue weighted by molar-refractivity contribution is 8.14. The fourth-order valence-electron chi connectivity index (χ4n) is 1.39. The van der Waals surface area contributed by atoms with E-state index in [4.69, 9.17) is 11.6 Å². The van der Waals surface area contributed by atoms with Crippen LogP contribution in [0.15, 0.2) is 29.3 Å². The minimum atomic E-state index is 0.596. The molecule has 0 amide bonds. The molecule has 0 radical (unpaired) electrons. The Bertz CT molecular complexity index is 379. The Kier molecular flexibility index (Phi) is 3.54. The molecule has 1 aliphatic rings. The monoisotopic (exact) mass is 240 g/mol. The number of halogens is 1. The molecule has 1 atom stereocenters. The van der Waals surface area contributed by atoms with Gasteiger partial charge in [-0.15, -0.1) is 0 Å². The Hall–Kier alpha value is -0.670. The summed E-state index contributed by atoms with van der Waals surface area (Å²) < 4.78 is 0. The topological polar surface area (TPSA) is 24.4 Å². The fraction of sp³-hybridized carbons (Fsp3) is 0.364. The Labute approximate surface area is 99.1 Å². The molecular formula is C11H13ClN2S. The van der Waals surface area contributed by atoms with Crippen molar-refractivity contribution in [2.75, 3.05) is 6.54 Å². The van der Waals surface area contributed by atoms with Crippen molar-refractivity contribution in [2.24, 2.45) is 4.99 Å². The minimum absolute atomic E-state index is 0.596. The van der Waals surface area contributed by atoms with Crippen LogP contribution in [0.2, 0.25) is 5.02 Å². The Balaban J connectivity index is 1.91. The summed E-state index contributed by atoms with van der Waals surface area (Å²) in [7, 11) is 0. The molecular weight excluding hydrogens is 228 g/mol. The lowest BCUT2D eigenvalue weighted by molar-refractivity contribution is 0.914. The van der Waals surface area contributed by atoms with Crippen LogP contribution in [0.4, 0.5) is 0 Å². The molecule has 1 aromatic carbocycles. The summed E-state index contributed by atoms with van der Waals surface area (Å²) in [6.45, 7) is 3.84. The van der Waals surface area contributed by atoms with Gasteiger partial charge in [-0.2, -0.15) is 0 Å². The van der Waals surface area contributed by atoms with E-state index in [0.29, 0.717) is 5.25 Å². The van der Waals surface area contributed by atoms with Crippen LogP contribution in [-0.2, 0) is 6.54 Å². The molecule has 1 aromatic rings.